The average Bonchev–Trinajstić information content (AvgIpc) is 2.30. The second-order valence-electron chi connectivity index (χ2n) is 4.06. The number of aromatic nitrogens is 1. The first kappa shape index (κ1) is 12.3. The largest absolute Gasteiger partial charge is 0.388 e. The van der Waals surface area contributed by atoms with Crippen molar-refractivity contribution < 1.29 is 9.21 Å². The fraction of sp³-hybridized carbons (Fsp3) is 0.250. The zero-order chi connectivity index (χ0) is 13.3. The smallest absolute Gasteiger partial charge is 0.348 e. The van der Waals surface area contributed by atoms with Crippen molar-refractivity contribution in [3.63, 3.8) is 0 Å². The average molecular weight is 247 g/mol. The highest BCUT2D eigenvalue weighted by molar-refractivity contribution is 5.93. The summed E-state index contributed by atoms with van der Waals surface area (Å²) in [6.07, 6.45) is 0. The third kappa shape index (κ3) is 2.23. The number of carbonyl (C=O) groups is 1. The molecule has 1 atom stereocenters. The van der Waals surface area contributed by atoms with Crippen molar-refractivity contribution in [2.45, 2.75) is 19.9 Å². The topological polar surface area (TPSA) is 98.2 Å². The van der Waals surface area contributed by atoms with Gasteiger partial charge < -0.3 is 10.2 Å². The summed E-state index contributed by atoms with van der Waals surface area (Å²) in [6, 6.07) is 4.36. The van der Waals surface area contributed by atoms with Crippen LogP contribution < -0.4 is 16.7 Å². The van der Waals surface area contributed by atoms with Gasteiger partial charge in [0, 0.05) is 0 Å². The second-order valence-corrected chi connectivity index (χ2v) is 4.06. The molecule has 6 nitrogen and oxygen atoms in total. The first-order chi connectivity index (χ1) is 8.49. The number of nitrogens with one attached hydrogen (secondary N) is 1. The minimum Gasteiger partial charge on any atom is -0.388 e. The Morgan fingerprint density at radius 1 is 1.50 bits per heavy atom. The molecule has 1 amide bonds. The lowest BCUT2D eigenvalue weighted by Gasteiger charge is -2.06. The number of hydrogen-bond acceptors (Lipinski definition) is 5. The molecule has 0 aliphatic carbocycles. The van der Waals surface area contributed by atoms with Gasteiger partial charge in [-0.3, -0.25) is 10.1 Å². The molecule has 18 heavy (non-hydrogen) atoms. The minimum atomic E-state index is -0.704. The number of rotatable bonds is 2. The highest BCUT2D eigenvalue weighted by atomic mass is 16.4. The lowest BCUT2D eigenvalue weighted by molar-refractivity contribution is -0.117. The molecule has 0 saturated carbocycles. The molecule has 0 unspecified atom stereocenters. The molecule has 0 aliphatic rings. The number of para-hydroxylation sites is 1. The summed E-state index contributed by atoms with van der Waals surface area (Å²) in [5, 5.41) is 2.74. The van der Waals surface area contributed by atoms with Crippen LogP contribution in [0.15, 0.2) is 27.4 Å². The van der Waals surface area contributed by atoms with E-state index < -0.39 is 17.6 Å². The van der Waals surface area contributed by atoms with Crippen molar-refractivity contribution >= 4 is 22.8 Å². The number of carbonyl (C=O) groups excluding carboxylic acids is 1. The highest BCUT2D eigenvalue weighted by Gasteiger charge is 2.13. The molecule has 0 aliphatic heterocycles. The van der Waals surface area contributed by atoms with Crippen LogP contribution in [-0.4, -0.2) is 16.9 Å². The summed E-state index contributed by atoms with van der Waals surface area (Å²) in [5.41, 5.74) is 6.20. The van der Waals surface area contributed by atoms with Crippen molar-refractivity contribution in [3.05, 3.63) is 34.2 Å². The monoisotopic (exact) mass is 247 g/mol. The lowest BCUT2D eigenvalue weighted by atomic mass is 10.1. The summed E-state index contributed by atoms with van der Waals surface area (Å²) >= 11 is 0. The van der Waals surface area contributed by atoms with Crippen molar-refractivity contribution in [1.29, 1.82) is 0 Å². The molecule has 0 saturated heterocycles. The number of aryl methyl sites for hydroxylation is 1. The van der Waals surface area contributed by atoms with E-state index in [1.165, 1.54) is 6.92 Å². The van der Waals surface area contributed by atoms with Crippen LogP contribution >= 0.6 is 0 Å². The molecule has 94 valence electrons. The molecule has 1 aromatic heterocycles. The van der Waals surface area contributed by atoms with E-state index in [2.05, 4.69) is 10.3 Å². The van der Waals surface area contributed by atoms with Gasteiger partial charge in [0.05, 0.1) is 16.9 Å². The molecule has 2 rings (SSSR count). The van der Waals surface area contributed by atoms with Gasteiger partial charge in [-0.2, -0.15) is 4.98 Å². The summed E-state index contributed by atoms with van der Waals surface area (Å²) in [4.78, 5) is 27.2. The second kappa shape index (κ2) is 4.58. The maximum absolute atomic E-state index is 11.7. The summed E-state index contributed by atoms with van der Waals surface area (Å²) in [5.74, 6) is -0.460. The number of fused-ring (bicyclic) bond motifs is 1. The third-order valence-corrected chi connectivity index (χ3v) is 2.50. The predicted octanol–water partition coefficient (Wildman–Crippen LogP) is 0.782. The first-order valence-corrected chi connectivity index (χ1v) is 5.46. The van der Waals surface area contributed by atoms with Gasteiger partial charge >= 0.3 is 11.6 Å². The van der Waals surface area contributed by atoms with Gasteiger partial charge in [-0.1, -0.05) is 12.1 Å². The quantitative estimate of drug-likeness (QED) is 0.817. The SMILES string of the molecule is Cc1cccc2c(=O)oc(NC(=O)[C@H](C)N)nc12. The Balaban J connectivity index is 2.52. The van der Waals surface area contributed by atoms with Gasteiger partial charge in [0.2, 0.25) is 5.91 Å². The highest BCUT2D eigenvalue weighted by Crippen LogP contribution is 2.14. The van der Waals surface area contributed by atoms with E-state index in [1.54, 1.807) is 12.1 Å². The number of nitrogens with two attached hydrogens (primary N) is 1. The molecule has 0 bridgehead atoms. The van der Waals surface area contributed by atoms with Gasteiger partial charge in [0.1, 0.15) is 0 Å². The number of anilines is 1. The van der Waals surface area contributed by atoms with E-state index in [4.69, 9.17) is 10.2 Å². The number of nitrogens with zero attached hydrogens (tertiary/aromatic N) is 1. The van der Waals surface area contributed by atoms with Gasteiger partial charge in [0.25, 0.3) is 0 Å². The Hall–Kier alpha value is -2.21. The van der Waals surface area contributed by atoms with Gasteiger partial charge in [0.15, 0.2) is 0 Å². The zero-order valence-corrected chi connectivity index (χ0v) is 10.1. The van der Waals surface area contributed by atoms with E-state index in [0.29, 0.717) is 10.9 Å². The standard InChI is InChI=1S/C12H13N3O3/c1-6-4-3-5-8-9(6)14-12(18-11(8)17)15-10(16)7(2)13/h3-5,7H,13H2,1-2H3,(H,14,15,16)/t7-/m0/s1. The maximum Gasteiger partial charge on any atom is 0.348 e. The molecule has 0 fully saturated rings. The molecule has 1 aromatic carbocycles. The van der Waals surface area contributed by atoms with Crippen LogP contribution in [0.2, 0.25) is 0 Å². The lowest BCUT2D eigenvalue weighted by Crippen LogP contribution is -2.33. The number of amides is 1. The maximum atomic E-state index is 11.7. The number of hydrogen-bond donors (Lipinski definition) is 2. The van der Waals surface area contributed by atoms with Crippen LogP contribution in [-0.2, 0) is 4.79 Å². The number of benzene rings is 1. The van der Waals surface area contributed by atoms with E-state index in [0.717, 1.165) is 5.56 Å². The van der Waals surface area contributed by atoms with Crippen molar-refractivity contribution in [2.24, 2.45) is 5.73 Å². The van der Waals surface area contributed by atoms with Gasteiger partial charge in [-0.05, 0) is 25.5 Å². The third-order valence-electron chi connectivity index (χ3n) is 2.50. The van der Waals surface area contributed by atoms with Crippen LogP contribution in [0.4, 0.5) is 6.01 Å². The van der Waals surface area contributed by atoms with E-state index in [9.17, 15) is 9.59 Å². The van der Waals surface area contributed by atoms with Crippen LogP contribution in [0.25, 0.3) is 10.9 Å². The Bertz CT molecular complexity index is 661. The molecular formula is C12H13N3O3. The minimum absolute atomic E-state index is 0.135. The summed E-state index contributed by atoms with van der Waals surface area (Å²) < 4.78 is 4.91. The normalized spacial score (nSPS) is 12.4. The zero-order valence-electron chi connectivity index (χ0n) is 10.1. The molecule has 6 heteroatoms. The predicted molar refractivity (Wildman–Crippen MR) is 67.3 cm³/mol. The van der Waals surface area contributed by atoms with Crippen LogP contribution in [0.3, 0.4) is 0 Å². The van der Waals surface area contributed by atoms with E-state index in [-0.39, 0.29) is 6.01 Å². The van der Waals surface area contributed by atoms with Crippen LogP contribution in [0.5, 0.6) is 0 Å². The van der Waals surface area contributed by atoms with E-state index in [1.807, 2.05) is 13.0 Å². The molecule has 0 spiro atoms. The van der Waals surface area contributed by atoms with E-state index >= 15 is 0 Å². The van der Waals surface area contributed by atoms with Crippen molar-refractivity contribution in [1.82, 2.24) is 4.98 Å². The fourth-order valence-electron chi connectivity index (χ4n) is 1.51. The molecule has 2 aromatic rings. The van der Waals surface area contributed by atoms with Gasteiger partial charge in [-0.15, -0.1) is 0 Å². The molecule has 3 N–H and O–H groups in total. The Morgan fingerprint density at radius 3 is 2.89 bits per heavy atom. The summed E-state index contributed by atoms with van der Waals surface area (Å²) in [6.45, 7) is 3.35. The fourth-order valence-corrected chi connectivity index (χ4v) is 1.51. The summed E-state index contributed by atoms with van der Waals surface area (Å²) in [7, 11) is 0. The molecular weight excluding hydrogens is 234 g/mol. The van der Waals surface area contributed by atoms with Crippen molar-refractivity contribution in [2.75, 3.05) is 5.32 Å². The van der Waals surface area contributed by atoms with Crippen LogP contribution in [0, 0.1) is 6.92 Å². The Morgan fingerprint density at radius 2 is 2.22 bits per heavy atom. The van der Waals surface area contributed by atoms with Crippen LogP contribution in [0.1, 0.15) is 12.5 Å². The Labute approximate surface area is 103 Å². The molecule has 1 heterocycles. The van der Waals surface area contributed by atoms with Crippen molar-refractivity contribution in [3.8, 4) is 0 Å². The first-order valence-electron chi connectivity index (χ1n) is 5.46. The molecule has 0 radical (unpaired) electrons. The van der Waals surface area contributed by atoms with Gasteiger partial charge in [-0.25, -0.2) is 4.79 Å². The Kier molecular flexibility index (Phi) is 3.12.